The summed E-state index contributed by atoms with van der Waals surface area (Å²) in [6.45, 7) is 6.30. The fourth-order valence-electron chi connectivity index (χ4n) is 2.49. The van der Waals surface area contributed by atoms with Gasteiger partial charge in [-0.15, -0.1) is 11.3 Å². The van der Waals surface area contributed by atoms with Crippen molar-refractivity contribution in [2.24, 2.45) is 0 Å². The predicted molar refractivity (Wildman–Crippen MR) is 105 cm³/mol. The molecular weight excluding hydrogens is 348 g/mol. The molecule has 0 radical (unpaired) electrons. The van der Waals surface area contributed by atoms with Gasteiger partial charge < -0.3 is 14.8 Å². The molecule has 3 aromatic rings. The van der Waals surface area contributed by atoms with E-state index in [2.05, 4.69) is 34.1 Å². The van der Waals surface area contributed by atoms with Gasteiger partial charge in [-0.2, -0.15) is 0 Å². The molecule has 0 fully saturated rings. The first kappa shape index (κ1) is 18.1. The zero-order valence-corrected chi connectivity index (χ0v) is 16.3. The minimum Gasteiger partial charge on any atom is -0.493 e. The summed E-state index contributed by atoms with van der Waals surface area (Å²) in [5, 5.41) is 4.33. The topological polar surface area (TPSA) is 69.2 Å². The molecule has 0 saturated heterocycles. The van der Waals surface area contributed by atoms with Crippen LogP contribution in [0.4, 0.5) is 11.6 Å². The van der Waals surface area contributed by atoms with Crippen LogP contribution in [0.5, 0.6) is 11.5 Å². The van der Waals surface area contributed by atoms with Gasteiger partial charge >= 0.3 is 0 Å². The Labute approximate surface area is 157 Å². The maximum atomic E-state index is 5.34. The van der Waals surface area contributed by atoms with E-state index in [0.29, 0.717) is 23.4 Å². The molecule has 0 unspecified atom stereocenters. The number of rotatable bonds is 6. The standard InChI is InChI=1S/C19H22N4O2S/c1-11(2)18-21-12(3)17(26-18)14-8-9-20-19(23-14)22-13-6-7-15(24-4)16(10-13)25-5/h6-11H,1-5H3,(H,20,22,23). The fourth-order valence-corrected chi connectivity index (χ4v) is 3.53. The van der Waals surface area contributed by atoms with Crippen LogP contribution < -0.4 is 14.8 Å². The molecular formula is C19H22N4O2S. The molecule has 0 spiro atoms. The molecule has 0 aliphatic carbocycles. The Bertz CT molecular complexity index is 908. The van der Waals surface area contributed by atoms with Gasteiger partial charge in [0.2, 0.25) is 5.95 Å². The van der Waals surface area contributed by atoms with Gasteiger partial charge in [0.25, 0.3) is 0 Å². The highest BCUT2D eigenvalue weighted by Crippen LogP contribution is 2.33. The Morgan fingerprint density at radius 3 is 2.46 bits per heavy atom. The van der Waals surface area contributed by atoms with E-state index < -0.39 is 0 Å². The third-order valence-corrected chi connectivity index (χ3v) is 5.32. The quantitative estimate of drug-likeness (QED) is 0.672. The van der Waals surface area contributed by atoms with E-state index in [4.69, 9.17) is 9.47 Å². The van der Waals surface area contributed by atoms with Gasteiger partial charge in [-0.05, 0) is 25.1 Å². The minimum absolute atomic E-state index is 0.402. The van der Waals surface area contributed by atoms with Crippen LogP contribution in [0.1, 0.15) is 30.5 Å². The van der Waals surface area contributed by atoms with Crippen molar-refractivity contribution in [1.82, 2.24) is 15.0 Å². The molecule has 0 saturated carbocycles. The van der Waals surface area contributed by atoms with Crippen LogP contribution in [-0.4, -0.2) is 29.2 Å². The number of ether oxygens (including phenoxy) is 2. The lowest BCUT2D eigenvalue weighted by atomic mass is 10.2. The van der Waals surface area contributed by atoms with Crippen molar-refractivity contribution in [1.29, 1.82) is 0 Å². The van der Waals surface area contributed by atoms with E-state index >= 15 is 0 Å². The molecule has 6 nitrogen and oxygen atoms in total. The Kier molecular flexibility index (Phi) is 5.37. The van der Waals surface area contributed by atoms with Crippen molar-refractivity contribution in [2.75, 3.05) is 19.5 Å². The largest absolute Gasteiger partial charge is 0.493 e. The average Bonchev–Trinajstić information content (AvgIpc) is 3.04. The second-order valence-corrected chi connectivity index (χ2v) is 7.11. The summed E-state index contributed by atoms with van der Waals surface area (Å²) < 4.78 is 10.6. The van der Waals surface area contributed by atoms with Crippen LogP contribution >= 0.6 is 11.3 Å². The molecule has 7 heteroatoms. The molecule has 26 heavy (non-hydrogen) atoms. The first-order valence-electron chi connectivity index (χ1n) is 8.31. The summed E-state index contributed by atoms with van der Waals surface area (Å²) >= 11 is 1.68. The van der Waals surface area contributed by atoms with Crippen LogP contribution in [0.2, 0.25) is 0 Å². The monoisotopic (exact) mass is 370 g/mol. The zero-order chi connectivity index (χ0) is 18.7. The smallest absolute Gasteiger partial charge is 0.227 e. The summed E-state index contributed by atoms with van der Waals surface area (Å²) in [7, 11) is 3.22. The molecule has 0 bridgehead atoms. The molecule has 0 amide bonds. The zero-order valence-electron chi connectivity index (χ0n) is 15.5. The van der Waals surface area contributed by atoms with Crippen LogP contribution in [0.25, 0.3) is 10.6 Å². The van der Waals surface area contributed by atoms with Gasteiger partial charge in [0.1, 0.15) is 0 Å². The maximum absolute atomic E-state index is 5.34. The van der Waals surface area contributed by atoms with E-state index in [1.165, 1.54) is 0 Å². The van der Waals surface area contributed by atoms with Gasteiger partial charge in [-0.3, -0.25) is 0 Å². The van der Waals surface area contributed by atoms with Crippen LogP contribution in [0, 0.1) is 6.92 Å². The van der Waals surface area contributed by atoms with Crippen molar-refractivity contribution in [2.45, 2.75) is 26.7 Å². The first-order valence-corrected chi connectivity index (χ1v) is 9.13. The summed E-state index contributed by atoms with van der Waals surface area (Å²) in [6.07, 6.45) is 1.75. The molecule has 0 aliphatic heterocycles. The molecule has 0 aliphatic rings. The second kappa shape index (κ2) is 7.70. The number of nitrogens with zero attached hydrogens (tertiary/aromatic N) is 3. The van der Waals surface area contributed by atoms with Gasteiger partial charge in [0.05, 0.1) is 35.5 Å². The number of hydrogen-bond acceptors (Lipinski definition) is 7. The third-order valence-electron chi connectivity index (χ3n) is 3.83. The predicted octanol–water partition coefficient (Wildman–Crippen LogP) is 4.79. The average molecular weight is 370 g/mol. The maximum Gasteiger partial charge on any atom is 0.227 e. The Morgan fingerprint density at radius 1 is 1.04 bits per heavy atom. The Balaban J connectivity index is 1.88. The van der Waals surface area contributed by atoms with Gasteiger partial charge in [0.15, 0.2) is 11.5 Å². The summed E-state index contributed by atoms with van der Waals surface area (Å²) in [6, 6.07) is 7.49. The number of thiazole rings is 1. The lowest BCUT2D eigenvalue weighted by Gasteiger charge is -2.10. The number of aryl methyl sites for hydroxylation is 1. The number of hydrogen-bond donors (Lipinski definition) is 1. The van der Waals surface area contributed by atoms with E-state index in [-0.39, 0.29) is 0 Å². The van der Waals surface area contributed by atoms with Crippen LogP contribution in [0.3, 0.4) is 0 Å². The molecule has 2 heterocycles. The summed E-state index contributed by atoms with van der Waals surface area (Å²) in [4.78, 5) is 14.7. The van der Waals surface area contributed by atoms with Crippen molar-refractivity contribution in [3.63, 3.8) is 0 Å². The molecule has 2 aromatic heterocycles. The number of anilines is 2. The first-order chi connectivity index (χ1) is 12.5. The second-order valence-electron chi connectivity index (χ2n) is 6.08. The highest BCUT2D eigenvalue weighted by molar-refractivity contribution is 7.15. The highest BCUT2D eigenvalue weighted by atomic mass is 32.1. The van der Waals surface area contributed by atoms with Crippen molar-refractivity contribution in [3.8, 4) is 22.1 Å². The van der Waals surface area contributed by atoms with E-state index in [1.807, 2.05) is 31.2 Å². The molecule has 0 atom stereocenters. The van der Waals surface area contributed by atoms with E-state index in [9.17, 15) is 0 Å². The fraction of sp³-hybridized carbons (Fsp3) is 0.316. The SMILES string of the molecule is COc1ccc(Nc2nccc(-c3sc(C(C)C)nc3C)n2)cc1OC. The van der Waals surface area contributed by atoms with E-state index in [0.717, 1.165) is 27.0 Å². The van der Waals surface area contributed by atoms with Crippen LogP contribution in [-0.2, 0) is 0 Å². The number of aromatic nitrogens is 3. The van der Waals surface area contributed by atoms with E-state index in [1.54, 1.807) is 31.8 Å². The van der Waals surface area contributed by atoms with Crippen molar-refractivity contribution in [3.05, 3.63) is 41.2 Å². The minimum atomic E-state index is 0.402. The third kappa shape index (κ3) is 3.77. The summed E-state index contributed by atoms with van der Waals surface area (Å²) in [5.41, 5.74) is 2.68. The van der Waals surface area contributed by atoms with Gasteiger partial charge in [-0.1, -0.05) is 13.8 Å². The Hall–Kier alpha value is -2.67. The van der Waals surface area contributed by atoms with Gasteiger partial charge in [-0.25, -0.2) is 15.0 Å². The number of nitrogens with one attached hydrogen (secondary N) is 1. The molecule has 1 aromatic carbocycles. The number of methoxy groups -OCH3 is 2. The molecule has 136 valence electrons. The highest BCUT2D eigenvalue weighted by Gasteiger charge is 2.14. The molecule has 3 rings (SSSR count). The summed E-state index contributed by atoms with van der Waals surface area (Å²) in [5.74, 6) is 2.25. The Morgan fingerprint density at radius 2 is 1.81 bits per heavy atom. The lowest BCUT2D eigenvalue weighted by molar-refractivity contribution is 0.355. The van der Waals surface area contributed by atoms with Crippen LogP contribution in [0.15, 0.2) is 30.5 Å². The lowest BCUT2D eigenvalue weighted by Crippen LogP contribution is -1.99. The van der Waals surface area contributed by atoms with Crippen molar-refractivity contribution >= 4 is 23.0 Å². The normalized spacial score (nSPS) is 10.8. The number of benzene rings is 1. The van der Waals surface area contributed by atoms with Crippen molar-refractivity contribution < 1.29 is 9.47 Å². The molecule has 1 N–H and O–H groups in total. The van der Waals surface area contributed by atoms with Gasteiger partial charge in [0, 0.05) is 23.9 Å².